The SMILES string of the molecule is CN(C)C(=O)Oc1ccc2c(c1)[C@]1(C)CCN(C)[C@@H]1S2. The van der Waals surface area contributed by atoms with E-state index in [1.165, 1.54) is 15.4 Å². The van der Waals surface area contributed by atoms with Crippen molar-refractivity contribution in [2.45, 2.75) is 29.0 Å². The van der Waals surface area contributed by atoms with Crippen LogP contribution in [0.3, 0.4) is 0 Å². The smallest absolute Gasteiger partial charge is 0.410 e. The molecule has 1 saturated heterocycles. The number of carbonyl (C=O) groups excluding carboxylic acids is 1. The van der Waals surface area contributed by atoms with Gasteiger partial charge in [-0.15, -0.1) is 11.8 Å². The van der Waals surface area contributed by atoms with Crippen LogP contribution in [0.1, 0.15) is 18.9 Å². The van der Waals surface area contributed by atoms with E-state index >= 15 is 0 Å². The Hall–Kier alpha value is -1.20. The molecule has 0 saturated carbocycles. The highest BCUT2D eigenvalue weighted by Crippen LogP contribution is 2.55. The van der Waals surface area contributed by atoms with Crippen molar-refractivity contribution < 1.29 is 9.53 Å². The third kappa shape index (κ3) is 2.00. The Morgan fingerprint density at radius 1 is 1.50 bits per heavy atom. The van der Waals surface area contributed by atoms with Gasteiger partial charge in [0.05, 0.1) is 5.37 Å². The number of ether oxygens (including phenoxy) is 1. The van der Waals surface area contributed by atoms with E-state index in [9.17, 15) is 4.79 Å². The molecule has 0 bridgehead atoms. The van der Waals surface area contributed by atoms with Crippen molar-refractivity contribution >= 4 is 17.9 Å². The molecule has 2 atom stereocenters. The van der Waals surface area contributed by atoms with Gasteiger partial charge in [-0.2, -0.15) is 0 Å². The normalized spacial score (nSPS) is 28.1. The Kier molecular flexibility index (Phi) is 3.21. The highest BCUT2D eigenvalue weighted by molar-refractivity contribution is 8.00. The number of carbonyl (C=O) groups is 1. The number of thioether (sulfide) groups is 1. The van der Waals surface area contributed by atoms with Crippen molar-refractivity contribution in [1.29, 1.82) is 0 Å². The molecule has 0 spiro atoms. The lowest BCUT2D eigenvalue weighted by Crippen LogP contribution is -2.32. The second kappa shape index (κ2) is 4.67. The first kappa shape index (κ1) is 13.8. The number of rotatable bonds is 1. The van der Waals surface area contributed by atoms with Gasteiger partial charge in [-0.1, -0.05) is 6.92 Å². The van der Waals surface area contributed by atoms with Crippen LogP contribution in [0.25, 0.3) is 0 Å². The Morgan fingerprint density at radius 2 is 2.25 bits per heavy atom. The van der Waals surface area contributed by atoms with Gasteiger partial charge in [0.15, 0.2) is 0 Å². The Morgan fingerprint density at radius 3 is 2.95 bits per heavy atom. The minimum Gasteiger partial charge on any atom is -0.410 e. The summed E-state index contributed by atoms with van der Waals surface area (Å²) in [7, 11) is 5.56. The molecule has 2 aliphatic rings. The lowest BCUT2D eigenvalue weighted by molar-refractivity contribution is 0.172. The summed E-state index contributed by atoms with van der Waals surface area (Å²) in [4.78, 5) is 16.8. The van der Waals surface area contributed by atoms with Crippen molar-refractivity contribution in [3.8, 4) is 5.75 Å². The summed E-state index contributed by atoms with van der Waals surface area (Å²) in [6.07, 6.45) is 0.819. The van der Waals surface area contributed by atoms with Gasteiger partial charge in [0, 0.05) is 24.4 Å². The van der Waals surface area contributed by atoms with Gasteiger partial charge < -0.3 is 9.64 Å². The molecule has 4 nitrogen and oxygen atoms in total. The number of likely N-dealkylation sites (N-methyl/N-ethyl adjacent to an activating group) is 1. The fraction of sp³-hybridized carbons (Fsp3) is 0.533. The van der Waals surface area contributed by atoms with Crippen LogP contribution in [0.15, 0.2) is 23.1 Å². The average Bonchev–Trinajstić information content (AvgIpc) is 2.84. The van der Waals surface area contributed by atoms with Crippen LogP contribution < -0.4 is 4.74 Å². The van der Waals surface area contributed by atoms with Gasteiger partial charge in [0.1, 0.15) is 5.75 Å². The van der Waals surface area contributed by atoms with E-state index in [2.05, 4.69) is 24.9 Å². The maximum Gasteiger partial charge on any atom is 0.414 e. The molecule has 0 N–H and O–H groups in total. The van der Waals surface area contributed by atoms with Crippen molar-refractivity contribution in [1.82, 2.24) is 9.80 Å². The van der Waals surface area contributed by atoms with Crippen molar-refractivity contribution in [3.05, 3.63) is 23.8 Å². The molecule has 20 heavy (non-hydrogen) atoms. The predicted molar refractivity (Wildman–Crippen MR) is 80.4 cm³/mol. The second-order valence-electron chi connectivity index (χ2n) is 6.04. The summed E-state index contributed by atoms with van der Waals surface area (Å²) in [6, 6.07) is 6.01. The number of benzene rings is 1. The molecule has 108 valence electrons. The van der Waals surface area contributed by atoms with E-state index in [1.54, 1.807) is 14.1 Å². The molecule has 5 heteroatoms. The number of nitrogens with zero attached hydrogens (tertiary/aromatic N) is 2. The molecule has 1 aromatic carbocycles. The zero-order valence-electron chi connectivity index (χ0n) is 12.3. The topological polar surface area (TPSA) is 32.8 Å². The number of amides is 1. The minimum atomic E-state index is -0.333. The summed E-state index contributed by atoms with van der Waals surface area (Å²) in [5.41, 5.74) is 1.48. The molecule has 2 heterocycles. The molecule has 1 aromatic rings. The maximum absolute atomic E-state index is 11.7. The molecule has 0 unspecified atom stereocenters. The van der Waals surface area contributed by atoms with Gasteiger partial charge in [-0.3, -0.25) is 4.90 Å². The lowest BCUT2D eigenvalue weighted by atomic mass is 9.82. The van der Waals surface area contributed by atoms with E-state index in [4.69, 9.17) is 4.74 Å². The molecular formula is C15H20N2O2S. The highest BCUT2D eigenvalue weighted by Gasteiger charge is 2.50. The zero-order chi connectivity index (χ0) is 14.5. The fourth-order valence-corrected chi connectivity index (χ4v) is 4.65. The van der Waals surface area contributed by atoms with Crippen LogP contribution in [0, 0.1) is 0 Å². The third-order valence-corrected chi connectivity index (χ3v) is 6.02. The van der Waals surface area contributed by atoms with Gasteiger partial charge >= 0.3 is 6.09 Å². The molecular weight excluding hydrogens is 272 g/mol. The number of fused-ring (bicyclic) bond motifs is 3. The van der Waals surface area contributed by atoms with E-state index in [0.717, 1.165) is 13.0 Å². The van der Waals surface area contributed by atoms with Gasteiger partial charge in [0.25, 0.3) is 0 Å². The lowest BCUT2D eigenvalue weighted by Gasteiger charge is -2.26. The highest BCUT2D eigenvalue weighted by atomic mass is 32.2. The van der Waals surface area contributed by atoms with Crippen molar-refractivity contribution in [3.63, 3.8) is 0 Å². The first-order chi connectivity index (χ1) is 9.41. The summed E-state index contributed by atoms with van der Waals surface area (Å²) in [5.74, 6) is 0.638. The van der Waals surface area contributed by atoms with Crippen LogP contribution in [-0.4, -0.2) is 49.0 Å². The molecule has 3 rings (SSSR count). The van der Waals surface area contributed by atoms with Gasteiger partial charge in [-0.05, 0) is 43.8 Å². The molecule has 2 aliphatic heterocycles. The Bertz CT molecular complexity index is 561. The largest absolute Gasteiger partial charge is 0.414 e. The van der Waals surface area contributed by atoms with Crippen LogP contribution >= 0.6 is 11.8 Å². The van der Waals surface area contributed by atoms with Crippen LogP contribution in [0.4, 0.5) is 4.79 Å². The van der Waals surface area contributed by atoms with Crippen molar-refractivity contribution in [2.75, 3.05) is 27.7 Å². The van der Waals surface area contributed by atoms with Gasteiger partial charge in [0.2, 0.25) is 0 Å². The summed E-state index contributed by atoms with van der Waals surface area (Å²) in [6.45, 7) is 3.44. The van der Waals surface area contributed by atoms with Crippen molar-refractivity contribution in [2.24, 2.45) is 0 Å². The standard InChI is InChI=1S/C15H20N2O2S/c1-15-7-8-17(4)13(15)20-12-6-5-10(9-11(12)15)19-14(18)16(2)3/h5-6,9,13H,7-8H2,1-4H3/t13-,15+/m1/s1. The minimum absolute atomic E-state index is 0.162. The fourth-order valence-electron chi connectivity index (χ4n) is 3.06. The van der Waals surface area contributed by atoms with Crippen LogP contribution in [-0.2, 0) is 5.41 Å². The second-order valence-corrected chi connectivity index (χ2v) is 7.16. The van der Waals surface area contributed by atoms with Crippen LogP contribution in [0.5, 0.6) is 5.75 Å². The average molecular weight is 292 g/mol. The quantitative estimate of drug-likeness (QED) is 0.797. The number of hydrogen-bond acceptors (Lipinski definition) is 4. The summed E-state index contributed by atoms with van der Waals surface area (Å²) in [5, 5.41) is 0.498. The molecule has 1 amide bonds. The van der Waals surface area contributed by atoms with E-state index in [-0.39, 0.29) is 11.5 Å². The summed E-state index contributed by atoms with van der Waals surface area (Å²) < 4.78 is 5.39. The summed E-state index contributed by atoms with van der Waals surface area (Å²) >= 11 is 1.92. The molecule has 1 fully saturated rings. The van der Waals surface area contributed by atoms with E-state index in [0.29, 0.717) is 11.1 Å². The maximum atomic E-state index is 11.7. The third-order valence-electron chi connectivity index (χ3n) is 4.30. The first-order valence-corrected chi connectivity index (χ1v) is 7.70. The molecule has 0 aromatic heterocycles. The monoisotopic (exact) mass is 292 g/mol. The molecule has 0 aliphatic carbocycles. The van der Waals surface area contributed by atoms with Crippen LogP contribution in [0.2, 0.25) is 0 Å². The predicted octanol–water partition coefficient (Wildman–Crippen LogP) is 2.77. The van der Waals surface area contributed by atoms with Gasteiger partial charge in [-0.25, -0.2) is 4.79 Å². The zero-order valence-corrected chi connectivity index (χ0v) is 13.2. The molecule has 0 radical (unpaired) electrons. The Labute approximate surface area is 124 Å². The Balaban J connectivity index is 1.91. The van der Waals surface area contributed by atoms with E-state index in [1.807, 2.05) is 23.9 Å². The van der Waals surface area contributed by atoms with E-state index < -0.39 is 0 Å². The number of likely N-dealkylation sites (tertiary alicyclic amines) is 1. The number of hydrogen-bond donors (Lipinski definition) is 0. The first-order valence-electron chi connectivity index (χ1n) is 6.82.